The van der Waals surface area contributed by atoms with Gasteiger partial charge >= 0.3 is 0 Å². The number of aliphatic hydroxyl groups excluding tert-OH is 1. The number of nitrogens with one attached hydrogen (secondary N) is 1. The van der Waals surface area contributed by atoms with Crippen LogP contribution in [0.1, 0.15) is 43.8 Å². The van der Waals surface area contributed by atoms with E-state index in [0.717, 1.165) is 5.56 Å². The average Bonchev–Trinajstić information content (AvgIpc) is 2.81. The summed E-state index contributed by atoms with van der Waals surface area (Å²) in [5.74, 6) is 0. The number of thiophene rings is 1. The van der Waals surface area contributed by atoms with E-state index in [4.69, 9.17) is 0 Å². The maximum atomic E-state index is 9.88. The molecule has 84 valence electrons. The highest BCUT2D eigenvalue weighted by Crippen LogP contribution is 2.19. The van der Waals surface area contributed by atoms with Crippen molar-refractivity contribution < 1.29 is 5.11 Å². The quantitative estimate of drug-likeness (QED) is 0.826. The molecular formula is C12H19NOS. The molecule has 2 rings (SSSR count). The van der Waals surface area contributed by atoms with Crippen LogP contribution in [0.3, 0.4) is 0 Å². The van der Waals surface area contributed by atoms with Gasteiger partial charge in [0, 0.05) is 12.6 Å². The molecule has 1 heterocycles. The molecule has 15 heavy (non-hydrogen) atoms. The second kappa shape index (κ2) is 5.64. The van der Waals surface area contributed by atoms with E-state index in [2.05, 4.69) is 5.32 Å². The fraction of sp³-hybridized carbons (Fsp3) is 0.667. The van der Waals surface area contributed by atoms with Crippen molar-refractivity contribution in [2.24, 2.45) is 0 Å². The summed E-state index contributed by atoms with van der Waals surface area (Å²) in [7, 11) is 0. The standard InChI is InChI=1S/C12H19NOS/c14-12(10-6-7-15-9-10)8-13-11-4-2-1-3-5-11/h6-7,9,11-14H,1-5,8H2. The molecule has 2 nitrogen and oxygen atoms in total. The zero-order chi connectivity index (χ0) is 10.5. The van der Waals surface area contributed by atoms with Crippen LogP contribution >= 0.6 is 11.3 Å². The molecule has 1 aromatic heterocycles. The molecule has 0 amide bonds. The van der Waals surface area contributed by atoms with Gasteiger partial charge in [0.2, 0.25) is 0 Å². The zero-order valence-corrected chi connectivity index (χ0v) is 9.80. The Labute approximate surface area is 95.3 Å². The molecule has 0 saturated heterocycles. The Morgan fingerprint density at radius 2 is 2.20 bits per heavy atom. The van der Waals surface area contributed by atoms with Crippen LogP contribution in [0, 0.1) is 0 Å². The SMILES string of the molecule is OC(CNC1CCCCC1)c1ccsc1. The highest BCUT2D eigenvalue weighted by Gasteiger charge is 2.14. The fourth-order valence-corrected chi connectivity index (χ4v) is 2.87. The van der Waals surface area contributed by atoms with E-state index in [0.29, 0.717) is 12.6 Å². The average molecular weight is 225 g/mol. The molecule has 1 atom stereocenters. The molecule has 1 saturated carbocycles. The maximum Gasteiger partial charge on any atom is 0.0922 e. The van der Waals surface area contributed by atoms with E-state index in [1.165, 1.54) is 32.1 Å². The van der Waals surface area contributed by atoms with Gasteiger partial charge in [-0.3, -0.25) is 0 Å². The first-order valence-electron chi connectivity index (χ1n) is 5.80. The molecule has 1 unspecified atom stereocenters. The third-order valence-electron chi connectivity index (χ3n) is 3.13. The van der Waals surface area contributed by atoms with Crippen LogP contribution in [0.15, 0.2) is 16.8 Å². The molecule has 0 bridgehead atoms. The Balaban J connectivity index is 1.73. The minimum Gasteiger partial charge on any atom is -0.387 e. The van der Waals surface area contributed by atoms with Gasteiger partial charge in [0.1, 0.15) is 0 Å². The maximum absolute atomic E-state index is 9.88. The predicted octanol–water partition coefficient (Wildman–Crippen LogP) is 2.70. The molecule has 1 aromatic rings. The van der Waals surface area contributed by atoms with Crippen molar-refractivity contribution in [2.45, 2.75) is 44.2 Å². The smallest absolute Gasteiger partial charge is 0.0922 e. The van der Waals surface area contributed by atoms with Crippen molar-refractivity contribution in [2.75, 3.05) is 6.54 Å². The molecule has 0 aromatic carbocycles. The molecule has 1 aliphatic carbocycles. The summed E-state index contributed by atoms with van der Waals surface area (Å²) in [6, 6.07) is 2.63. The summed E-state index contributed by atoms with van der Waals surface area (Å²) < 4.78 is 0. The van der Waals surface area contributed by atoms with E-state index < -0.39 is 0 Å². The minimum absolute atomic E-state index is 0.335. The van der Waals surface area contributed by atoms with Gasteiger partial charge in [0.15, 0.2) is 0 Å². The van der Waals surface area contributed by atoms with Crippen LogP contribution in [0.5, 0.6) is 0 Å². The van der Waals surface area contributed by atoms with E-state index in [1.807, 2.05) is 16.8 Å². The Kier molecular flexibility index (Phi) is 4.18. The molecule has 1 aliphatic rings. The van der Waals surface area contributed by atoms with E-state index >= 15 is 0 Å². The van der Waals surface area contributed by atoms with Crippen molar-refractivity contribution >= 4 is 11.3 Å². The molecule has 0 aliphatic heterocycles. The van der Waals surface area contributed by atoms with Crippen molar-refractivity contribution in [1.82, 2.24) is 5.32 Å². The summed E-state index contributed by atoms with van der Waals surface area (Å²) in [6.45, 7) is 0.696. The number of rotatable bonds is 4. The summed E-state index contributed by atoms with van der Waals surface area (Å²) >= 11 is 1.64. The molecule has 3 heteroatoms. The number of hydrogen-bond acceptors (Lipinski definition) is 3. The lowest BCUT2D eigenvalue weighted by molar-refractivity contribution is 0.166. The first kappa shape index (κ1) is 11.1. The van der Waals surface area contributed by atoms with Crippen LogP contribution in [-0.2, 0) is 0 Å². The van der Waals surface area contributed by atoms with Gasteiger partial charge in [-0.15, -0.1) is 0 Å². The van der Waals surface area contributed by atoms with Crippen LogP contribution in [0.4, 0.5) is 0 Å². The second-order valence-electron chi connectivity index (χ2n) is 4.32. The molecular weight excluding hydrogens is 206 g/mol. The predicted molar refractivity (Wildman–Crippen MR) is 64.2 cm³/mol. The zero-order valence-electron chi connectivity index (χ0n) is 8.98. The van der Waals surface area contributed by atoms with Gasteiger partial charge in [-0.25, -0.2) is 0 Å². The topological polar surface area (TPSA) is 32.3 Å². The van der Waals surface area contributed by atoms with Crippen molar-refractivity contribution in [3.8, 4) is 0 Å². The first-order chi connectivity index (χ1) is 7.36. The van der Waals surface area contributed by atoms with E-state index in [-0.39, 0.29) is 6.10 Å². The fourth-order valence-electron chi connectivity index (χ4n) is 2.17. The van der Waals surface area contributed by atoms with Gasteiger partial charge in [0.05, 0.1) is 6.10 Å². The van der Waals surface area contributed by atoms with E-state index in [1.54, 1.807) is 11.3 Å². The lowest BCUT2D eigenvalue weighted by Gasteiger charge is -2.24. The summed E-state index contributed by atoms with van der Waals surface area (Å²) in [5.41, 5.74) is 1.04. The molecule has 1 fully saturated rings. The van der Waals surface area contributed by atoms with Crippen molar-refractivity contribution in [1.29, 1.82) is 0 Å². The van der Waals surface area contributed by atoms with E-state index in [9.17, 15) is 5.11 Å². The second-order valence-corrected chi connectivity index (χ2v) is 5.10. The first-order valence-corrected chi connectivity index (χ1v) is 6.74. The number of aliphatic hydroxyl groups is 1. The summed E-state index contributed by atoms with van der Waals surface area (Å²) in [6.07, 6.45) is 6.27. The lowest BCUT2D eigenvalue weighted by Crippen LogP contribution is -2.34. The summed E-state index contributed by atoms with van der Waals surface area (Å²) in [4.78, 5) is 0. The normalized spacial score (nSPS) is 20.3. The molecule has 0 radical (unpaired) electrons. The minimum atomic E-state index is -0.335. The van der Waals surface area contributed by atoms with Crippen LogP contribution in [0.25, 0.3) is 0 Å². The Hall–Kier alpha value is -0.380. The van der Waals surface area contributed by atoms with Crippen LogP contribution in [-0.4, -0.2) is 17.7 Å². The molecule has 2 N–H and O–H groups in total. The van der Waals surface area contributed by atoms with Crippen molar-refractivity contribution in [3.63, 3.8) is 0 Å². The van der Waals surface area contributed by atoms with Crippen molar-refractivity contribution in [3.05, 3.63) is 22.4 Å². The van der Waals surface area contributed by atoms with Gasteiger partial charge in [-0.1, -0.05) is 19.3 Å². The third kappa shape index (κ3) is 3.30. The van der Waals surface area contributed by atoms with Gasteiger partial charge in [0.25, 0.3) is 0 Å². The lowest BCUT2D eigenvalue weighted by atomic mass is 9.95. The monoisotopic (exact) mass is 225 g/mol. The van der Waals surface area contributed by atoms with Gasteiger partial charge < -0.3 is 10.4 Å². The molecule has 0 spiro atoms. The van der Waals surface area contributed by atoms with Crippen LogP contribution in [0.2, 0.25) is 0 Å². The highest BCUT2D eigenvalue weighted by atomic mass is 32.1. The Morgan fingerprint density at radius 3 is 2.87 bits per heavy atom. The Morgan fingerprint density at radius 1 is 1.40 bits per heavy atom. The Bertz CT molecular complexity index is 267. The van der Waals surface area contributed by atoms with Gasteiger partial charge in [-0.2, -0.15) is 11.3 Å². The van der Waals surface area contributed by atoms with Gasteiger partial charge in [-0.05, 0) is 35.2 Å². The largest absolute Gasteiger partial charge is 0.387 e. The summed E-state index contributed by atoms with van der Waals surface area (Å²) in [5, 5.41) is 17.4. The highest BCUT2D eigenvalue weighted by molar-refractivity contribution is 7.07. The van der Waals surface area contributed by atoms with Crippen LogP contribution < -0.4 is 5.32 Å². The third-order valence-corrected chi connectivity index (χ3v) is 3.83. The number of hydrogen-bond donors (Lipinski definition) is 2.